The lowest BCUT2D eigenvalue weighted by molar-refractivity contribution is -0.141. The highest BCUT2D eigenvalue weighted by atomic mass is 35.5. The Morgan fingerprint density at radius 1 is 1.03 bits per heavy atom. The maximum atomic E-state index is 13.0. The number of carbonyl (C=O) groups excluding carboxylic acids is 1. The number of hydrogen-bond acceptors (Lipinski definition) is 7. The lowest BCUT2D eigenvalue weighted by atomic mass is 9.98. The molecule has 0 saturated heterocycles. The van der Waals surface area contributed by atoms with E-state index in [1.807, 2.05) is 24.3 Å². The summed E-state index contributed by atoms with van der Waals surface area (Å²) in [4.78, 5) is 28.6. The third-order valence-corrected chi connectivity index (χ3v) is 6.11. The molecule has 182 valence electrons. The number of carboxylic acid groups (broad SMARTS) is 1. The first-order chi connectivity index (χ1) is 16.9. The fourth-order valence-corrected chi connectivity index (χ4v) is 4.33. The summed E-state index contributed by atoms with van der Waals surface area (Å²) in [6.45, 7) is 0. The molecule has 1 aromatic heterocycles. The molecular weight excluding hydrogens is 474 g/mol. The normalized spacial score (nSPS) is 15.1. The monoisotopic (exact) mass is 497 g/mol. The average Bonchev–Trinajstić information content (AvgIpc) is 3.31. The maximum absolute atomic E-state index is 13.0. The zero-order valence-corrected chi connectivity index (χ0v) is 20.2. The molecule has 4 rings (SSSR count). The first kappa shape index (κ1) is 24.3. The Morgan fingerprint density at radius 2 is 1.77 bits per heavy atom. The Bertz CT molecular complexity index is 1330. The number of carboxylic acids is 1. The second kappa shape index (κ2) is 10.2. The quantitative estimate of drug-likeness (QED) is 0.457. The number of aromatic nitrogens is 1. The zero-order chi connectivity index (χ0) is 25.1. The maximum Gasteiger partial charge on any atom is 0.303 e. The van der Waals surface area contributed by atoms with Gasteiger partial charge in [-0.1, -0.05) is 23.7 Å². The summed E-state index contributed by atoms with van der Waals surface area (Å²) >= 11 is 6.60. The van der Waals surface area contributed by atoms with Gasteiger partial charge in [-0.05, 0) is 30.3 Å². The number of para-hydroxylation sites is 1. The second-order valence-corrected chi connectivity index (χ2v) is 8.23. The molecule has 1 atom stereocenters. The molecule has 0 bridgehead atoms. The van der Waals surface area contributed by atoms with Crippen LogP contribution in [0.25, 0.3) is 10.9 Å². The molecular formula is C25H24ClN3O6. The van der Waals surface area contributed by atoms with Crippen molar-refractivity contribution in [3.63, 3.8) is 0 Å². The molecule has 0 radical (unpaired) electrons. The van der Waals surface area contributed by atoms with Crippen LogP contribution in [0.2, 0.25) is 5.15 Å². The Balaban J connectivity index is 1.76. The molecule has 1 N–H and O–H groups in total. The van der Waals surface area contributed by atoms with E-state index in [9.17, 15) is 9.59 Å². The van der Waals surface area contributed by atoms with E-state index in [-0.39, 0.29) is 18.0 Å². The van der Waals surface area contributed by atoms with Crippen LogP contribution in [0, 0.1) is 0 Å². The molecule has 35 heavy (non-hydrogen) atoms. The molecule has 9 nitrogen and oxygen atoms in total. The highest BCUT2D eigenvalue weighted by Gasteiger charge is 2.35. The molecule has 2 aromatic carbocycles. The molecule has 0 unspecified atom stereocenters. The molecule has 0 saturated carbocycles. The summed E-state index contributed by atoms with van der Waals surface area (Å²) in [6, 6.07) is 12.2. The lowest BCUT2D eigenvalue weighted by Gasteiger charge is -2.23. The van der Waals surface area contributed by atoms with Crippen molar-refractivity contribution in [1.29, 1.82) is 0 Å². The standard InChI is InChI=1S/C25H24ClN3O6/c1-33-19-8-7-14(12-21(19)35-3)17-13-18(29(28-17)22(30)9-10-23(31)32)16-11-15-5-4-6-20(34-2)24(15)27-25(16)26/h4-8,11-12,18H,9-10,13H2,1-3H3,(H,31,32)/t18-/m1/s1. The van der Waals surface area contributed by atoms with Gasteiger partial charge in [-0.2, -0.15) is 5.10 Å². The fourth-order valence-electron chi connectivity index (χ4n) is 4.06. The summed E-state index contributed by atoms with van der Waals surface area (Å²) in [5.41, 5.74) is 2.58. The average molecular weight is 498 g/mol. The summed E-state index contributed by atoms with van der Waals surface area (Å²) in [5, 5.41) is 16.0. The Hall–Kier alpha value is -3.85. The van der Waals surface area contributed by atoms with Crippen molar-refractivity contribution in [1.82, 2.24) is 9.99 Å². The van der Waals surface area contributed by atoms with Crippen LogP contribution < -0.4 is 14.2 Å². The van der Waals surface area contributed by atoms with E-state index in [1.165, 1.54) is 12.1 Å². The number of halogens is 1. The van der Waals surface area contributed by atoms with Crippen molar-refractivity contribution in [3.8, 4) is 17.2 Å². The molecule has 1 aliphatic rings. The number of rotatable bonds is 8. The summed E-state index contributed by atoms with van der Waals surface area (Å²) < 4.78 is 16.1. The van der Waals surface area contributed by atoms with Gasteiger partial charge in [-0.15, -0.1) is 0 Å². The summed E-state index contributed by atoms with van der Waals surface area (Å²) in [6.07, 6.45) is -0.143. The number of nitrogens with zero attached hydrogens (tertiary/aromatic N) is 3. The second-order valence-electron chi connectivity index (χ2n) is 7.87. The number of ether oxygens (including phenoxy) is 3. The van der Waals surface area contributed by atoms with E-state index in [4.69, 9.17) is 30.9 Å². The van der Waals surface area contributed by atoms with E-state index in [0.717, 1.165) is 10.9 Å². The van der Waals surface area contributed by atoms with Gasteiger partial charge in [0, 0.05) is 29.4 Å². The van der Waals surface area contributed by atoms with Crippen molar-refractivity contribution in [2.75, 3.05) is 21.3 Å². The Kier molecular flexibility index (Phi) is 7.07. The molecule has 0 fully saturated rings. The summed E-state index contributed by atoms with van der Waals surface area (Å²) in [7, 11) is 4.64. The molecule has 1 aliphatic heterocycles. The number of fused-ring (bicyclic) bond motifs is 1. The molecule has 1 amide bonds. The number of methoxy groups -OCH3 is 3. The minimum atomic E-state index is -1.06. The lowest BCUT2D eigenvalue weighted by Crippen LogP contribution is -2.27. The van der Waals surface area contributed by atoms with Crippen molar-refractivity contribution in [2.24, 2.45) is 5.10 Å². The van der Waals surface area contributed by atoms with E-state index >= 15 is 0 Å². The zero-order valence-electron chi connectivity index (χ0n) is 19.4. The smallest absolute Gasteiger partial charge is 0.303 e. The molecule has 0 aliphatic carbocycles. The van der Waals surface area contributed by atoms with Crippen LogP contribution >= 0.6 is 11.6 Å². The Morgan fingerprint density at radius 3 is 2.46 bits per heavy atom. The number of aliphatic carboxylic acids is 1. The first-order valence-electron chi connectivity index (χ1n) is 10.8. The van der Waals surface area contributed by atoms with E-state index < -0.39 is 17.9 Å². The minimum Gasteiger partial charge on any atom is -0.494 e. The van der Waals surface area contributed by atoms with Gasteiger partial charge in [0.15, 0.2) is 11.5 Å². The van der Waals surface area contributed by atoms with Crippen LogP contribution in [0.5, 0.6) is 17.2 Å². The number of pyridine rings is 1. The number of benzene rings is 2. The van der Waals surface area contributed by atoms with Crippen molar-refractivity contribution < 1.29 is 28.9 Å². The predicted molar refractivity (Wildman–Crippen MR) is 130 cm³/mol. The first-order valence-corrected chi connectivity index (χ1v) is 11.2. The van der Waals surface area contributed by atoms with Gasteiger partial charge in [0.25, 0.3) is 0 Å². The molecule has 10 heteroatoms. The van der Waals surface area contributed by atoms with Gasteiger partial charge in [0.05, 0.1) is 39.5 Å². The predicted octanol–water partition coefficient (Wildman–Crippen LogP) is 4.46. The van der Waals surface area contributed by atoms with Gasteiger partial charge >= 0.3 is 5.97 Å². The van der Waals surface area contributed by atoms with Crippen LogP contribution in [0.15, 0.2) is 47.6 Å². The van der Waals surface area contributed by atoms with Gasteiger partial charge in [-0.25, -0.2) is 9.99 Å². The van der Waals surface area contributed by atoms with E-state index in [0.29, 0.717) is 40.5 Å². The number of amides is 1. The van der Waals surface area contributed by atoms with E-state index in [2.05, 4.69) is 10.1 Å². The van der Waals surface area contributed by atoms with Gasteiger partial charge < -0.3 is 19.3 Å². The van der Waals surface area contributed by atoms with Crippen LogP contribution in [0.3, 0.4) is 0 Å². The largest absolute Gasteiger partial charge is 0.494 e. The van der Waals surface area contributed by atoms with Crippen molar-refractivity contribution in [2.45, 2.75) is 25.3 Å². The van der Waals surface area contributed by atoms with Crippen LogP contribution in [0.4, 0.5) is 0 Å². The van der Waals surface area contributed by atoms with Crippen LogP contribution in [0.1, 0.15) is 36.4 Å². The highest BCUT2D eigenvalue weighted by Crippen LogP contribution is 2.39. The highest BCUT2D eigenvalue weighted by molar-refractivity contribution is 6.30. The Labute approximate surface area is 206 Å². The number of hydrogen-bond donors (Lipinski definition) is 1. The van der Waals surface area contributed by atoms with Gasteiger partial charge in [-0.3, -0.25) is 9.59 Å². The molecule has 0 spiro atoms. The third kappa shape index (κ3) is 4.85. The van der Waals surface area contributed by atoms with Crippen molar-refractivity contribution in [3.05, 3.63) is 58.7 Å². The van der Waals surface area contributed by atoms with Gasteiger partial charge in [0.2, 0.25) is 5.91 Å². The van der Waals surface area contributed by atoms with Gasteiger partial charge in [0.1, 0.15) is 16.4 Å². The van der Waals surface area contributed by atoms with E-state index in [1.54, 1.807) is 32.4 Å². The minimum absolute atomic E-state index is 0.193. The molecule has 3 aromatic rings. The van der Waals surface area contributed by atoms with Crippen LogP contribution in [-0.4, -0.2) is 54.0 Å². The topological polar surface area (TPSA) is 111 Å². The SMILES string of the molecule is COc1ccc(C2=NN(C(=O)CCC(=O)O)[C@@H](c3cc4cccc(OC)c4nc3Cl)C2)cc1OC. The number of hydrazone groups is 1. The summed E-state index contributed by atoms with van der Waals surface area (Å²) in [5.74, 6) is 0.193. The third-order valence-electron chi connectivity index (χ3n) is 5.80. The molecule has 2 heterocycles. The number of carbonyl (C=O) groups is 2. The fraction of sp³-hybridized carbons (Fsp3) is 0.280. The van der Waals surface area contributed by atoms with Crippen molar-refractivity contribution >= 4 is 40.1 Å². The van der Waals surface area contributed by atoms with Crippen LogP contribution in [-0.2, 0) is 9.59 Å².